The monoisotopic (exact) mass is 282 g/mol. The van der Waals surface area contributed by atoms with Crippen molar-refractivity contribution in [1.82, 2.24) is 0 Å². The highest BCUT2D eigenvalue weighted by Gasteiger charge is 2.28. The summed E-state index contributed by atoms with van der Waals surface area (Å²) in [7, 11) is -3.45. The minimum atomic E-state index is -1.83. The van der Waals surface area contributed by atoms with Crippen LogP contribution in [0.4, 0.5) is 0 Å². The van der Waals surface area contributed by atoms with E-state index in [1.165, 1.54) is 0 Å². The van der Waals surface area contributed by atoms with Gasteiger partial charge in [0.15, 0.2) is 0 Å². The highest BCUT2D eigenvalue weighted by molar-refractivity contribution is 6.89. The Balaban J connectivity index is 3.45. The zero-order valence-electron chi connectivity index (χ0n) is 12.0. The topological polar surface area (TPSA) is 46.5 Å². The molecule has 100 valence electrons. The predicted molar refractivity (Wildman–Crippen MR) is 80.4 cm³/mol. The van der Waals surface area contributed by atoms with Crippen LogP contribution < -0.4 is 9.61 Å². The lowest BCUT2D eigenvalue weighted by Gasteiger charge is -2.27. The SMILES string of the molecule is C[Si](C)(C)Oc1c(C(=O)O)cccc1[Si](C)(C)C. The molecule has 18 heavy (non-hydrogen) atoms. The number of hydrogen-bond acceptors (Lipinski definition) is 2. The Labute approximate surface area is 111 Å². The van der Waals surface area contributed by atoms with E-state index < -0.39 is 22.4 Å². The Hall–Kier alpha value is -1.08. The van der Waals surface area contributed by atoms with Crippen molar-refractivity contribution in [2.75, 3.05) is 0 Å². The first kappa shape index (κ1) is 15.0. The van der Waals surface area contributed by atoms with E-state index in [1.54, 1.807) is 6.07 Å². The van der Waals surface area contributed by atoms with Gasteiger partial charge in [-0.15, -0.1) is 0 Å². The van der Waals surface area contributed by atoms with E-state index in [1.807, 2.05) is 12.1 Å². The van der Waals surface area contributed by atoms with E-state index in [2.05, 4.69) is 39.3 Å². The molecule has 0 aromatic heterocycles. The molecule has 3 nitrogen and oxygen atoms in total. The molecule has 0 atom stereocenters. The van der Waals surface area contributed by atoms with Gasteiger partial charge in [-0.05, 0) is 30.9 Å². The maximum atomic E-state index is 11.3. The number of carboxylic acid groups (broad SMARTS) is 1. The van der Waals surface area contributed by atoms with Crippen LogP contribution in [0.15, 0.2) is 18.2 Å². The fourth-order valence-corrected chi connectivity index (χ4v) is 4.11. The van der Waals surface area contributed by atoms with Crippen LogP contribution in [-0.4, -0.2) is 27.5 Å². The minimum absolute atomic E-state index is 0.289. The number of benzene rings is 1. The van der Waals surface area contributed by atoms with Crippen molar-refractivity contribution in [1.29, 1.82) is 0 Å². The van der Waals surface area contributed by atoms with Gasteiger partial charge in [0, 0.05) is 0 Å². The number of carbonyl (C=O) groups is 1. The van der Waals surface area contributed by atoms with E-state index in [9.17, 15) is 9.90 Å². The standard InChI is InChI=1S/C13H22O3Si2/c1-17(2,3)11-9-7-8-10(13(14)15)12(11)16-18(4,5)6/h7-9H,1-6H3,(H,14,15). The second-order valence-corrected chi connectivity index (χ2v) is 15.9. The summed E-state index contributed by atoms with van der Waals surface area (Å²) in [6, 6.07) is 5.45. The highest BCUT2D eigenvalue weighted by Crippen LogP contribution is 2.23. The van der Waals surface area contributed by atoms with Gasteiger partial charge in [-0.3, -0.25) is 0 Å². The van der Waals surface area contributed by atoms with E-state index in [4.69, 9.17) is 4.43 Å². The van der Waals surface area contributed by atoms with E-state index in [0.717, 1.165) is 5.19 Å². The molecule has 0 aliphatic carbocycles. The average molecular weight is 282 g/mol. The zero-order valence-corrected chi connectivity index (χ0v) is 14.0. The van der Waals surface area contributed by atoms with Gasteiger partial charge in [-0.1, -0.05) is 31.8 Å². The maximum absolute atomic E-state index is 11.3. The van der Waals surface area contributed by atoms with Gasteiger partial charge in [0.05, 0.1) is 13.6 Å². The molecule has 0 saturated carbocycles. The van der Waals surface area contributed by atoms with E-state index in [0.29, 0.717) is 5.75 Å². The lowest BCUT2D eigenvalue weighted by atomic mass is 10.2. The van der Waals surface area contributed by atoms with Gasteiger partial charge in [-0.25, -0.2) is 4.79 Å². The van der Waals surface area contributed by atoms with Gasteiger partial charge in [0.25, 0.3) is 0 Å². The van der Waals surface area contributed by atoms with Crippen molar-refractivity contribution in [3.05, 3.63) is 23.8 Å². The number of hydrogen-bond donors (Lipinski definition) is 1. The minimum Gasteiger partial charge on any atom is -0.544 e. The lowest BCUT2D eigenvalue weighted by Crippen LogP contribution is -2.42. The zero-order chi connectivity index (χ0) is 14.1. The second kappa shape index (κ2) is 4.89. The second-order valence-electron chi connectivity index (χ2n) is 6.45. The van der Waals surface area contributed by atoms with Crippen molar-refractivity contribution >= 4 is 27.5 Å². The van der Waals surface area contributed by atoms with Crippen LogP contribution in [0.25, 0.3) is 0 Å². The predicted octanol–water partition coefficient (Wildman–Crippen LogP) is 3.14. The summed E-state index contributed by atoms with van der Waals surface area (Å²) in [6.45, 7) is 12.8. The molecule has 0 amide bonds. The van der Waals surface area contributed by atoms with Crippen LogP contribution in [0.5, 0.6) is 5.75 Å². The summed E-state index contributed by atoms with van der Waals surface area (Å²) in [6.07, 6.45) is 0. The molecule has 0 bridgehead atoms. The number of carboxylic acids is 1. The van der Waals surface area contributed by atoms with Crippen molar-refractivity contribution in [3.8, 4) is 5.75 Å². The maximum Gasteiger partial charge on any atom is 0.339 e. The normalized spacial score (nSPS) is 12.3. The van der Waals surface area contributed by atoms with Crippen LogP contribution >= 0.6 is 0 Å². The van der Waals surface area contributed by atoms with E-state index in [-0.39, 0.29) is 5.56 Å². The number of rotatable bonds is 4. The number of para-hydroxylation sites is 1. The van der Waals surface area contributed by atoms with Crippen molar-refractivity contribution in [2.45, 2.75) is 39.3 Å². The van der Waals surface area contributed by atoms with Crippen molar-refractivity contribution in [2.24, 2.45) is 0 Å². The van der Waals surface area contributed by atoms with Crippen LogP contribution in [0.3, 0.4) is 0 Å². The molecular formula is C13H22O3Si2. The van der Waals surface area contributed by atoms with Crippen LogP contribution in [0.1, 0.15) is 10.4 Å². The molecule has 0 spiro atoms. The molecule has 0 heterocycles. The van der Waals surface area contributed by atoms with Crippen molar-refractivity contribution < 1.29 is 14.3 Å². The largest absolute Gasteiger partial charge is 0.544 e. The molecule has 0 aliphatic rings. The Kier molecular flexibility index (Phi) is 4.07. The molecule has 0 unspecified atom stereocenters. The molecular weight excluding hydrogens is 260 g/mol. The molecule has 1 rings (SSSR count). The van der Waals surface area contributed by atoms with Crippen LogP contribution in [-0.2, 0) is 0 Å². The Bertz CT molecular complexity index is 456. The third kappa shape index (κ3) is 3.71. The first-order chi connectivity index (χ1) is 8.02. The summed E-state index contributed by atoms with van der Waals surface area (Å²) >= 11 is 0. The molecule has 5 heteroatoms. The van der Waals surface area contributed by atoms with Crippen LogP contribution in [0.2, 0.25) is 39.3 Å². The highest BCUT2D eigenvalue weighted by atomic mass is 28.4. The summed E-state index contributed by atoms with van der Waals surface area (Å²) in [5, 5.41) is 10.4. The summed E-state index contributed by atoms with van der Waals surface area (Å²) in [4.78, 5) is 11.3. The Morgan fingerprint density at radius 3 is 2.06 bits per heavy atom. The fourth-order valence-electron chi connectivity index (χ4n) is 1.71. The van der Waals surface area contributed by atoms with Gasteiger partial charge in [-0.2, -0.15) is 0 Å². The average Bonchev–Trinajstić information content (AvgIpc) is 2.13. The molecule has 1 aromatic carbocycles. The van der Waals surface area contributed by atoms with Crippen molar-refractivity contribution in [3.63, 3.8) is 0 Å². The summed E-state index contributed by atoms with van der Waals surface area (Å²) in [5.41, 5.74) is 0.289. The summed E-state index contributed by atoms with van der Waals surface area (Å²) < 4.78 is 6.04. The quantitative estimate of drug-likeness (QED) is 0.863. The van der Waals surface area contributed by atoms with Gasteiger partial charge >= 0.3 is 5.97 Å². The molecule has 1 aromatic rings. The molecule has 0 aliphatic heterocycles. The molecule has 0 saturated heterocycles. The Morgan fingerprint density at radius 1 is 1.11 bits per heavy atom. The van der Waals surface area contributed by atoms with Gasteiger partial charge < -0.3 is 9.53 Å². The lowest BCUT2D eigenvalue weighted by molar-refractivity contribution is 0.0695. The first-order valence-corrected chi connectivity index (χ1v) is 13.0. The number of aromatic carboxylic acids is 1. The van der Waals surface area contributed by atoms with Crippen LogP contribution in [0, 0.1) is 0 Å². The fraction of sp³-hybridized carbons (Fsp3) is 0.462. The van der Waals surface area contributed by atoms with Gasteiger partial charge in [0.2, 0.25) is 8.32 Å². The smallest absolute Gasteiger partial charge is 0.339 e. The third-order valence-electron chi connectivity index (χ3n) is 2.46. The van der Waals surface area contributed by atoms with Gasteiger partial charge in [0.1, 0.15) is 5.75 Å². The molecule has 1 N–H and O–H groups in total. The Morgan fingerprint density at radius 2 is 1.67 bits per heavy atom. The third-order valence-corrected chi connectivity index (χ3v) is 5.29. The first-order valence-electron chi connectivity index (χ1n) is 6.08. The molecule has 0 radical (unpaired) electrons. The summed E-state index contributed by atoms with van der Waals surface area (Å²) in [5.74, 6) is -0.313. The molecule has 0 fully saturated rings. The van der Waals surface area contributed by atoms with E-state index >= 15 is 0 Å².